The van der Waals surface area contributed by atoms with Gasteiger partial charge in [-0.3, -0.25) is 4.79 Å². The number of ether oxygens (including phenoxy) is 1. The van der Waals surface area contributed by atoms with Gasteiger partial charge in [0.05, 0.1) is 31.1 Å². The molecule has 128 valence electrons. The maximum atomic E-state index is 12.3. The molecule has 1 fully saturated rings. The Kier molecular flexibility index (Phi) is 5.61. The number of amides is 1. The van der Waals surface area contributed by atoms with Gasteiger partial charge in [-0.25, -0.2) is 4.98 Å². The summed E-state index contributed by atoms with van der Waals surface area (Å²) in [6.07, 6.45) is 3.01. The minimum Gasteiger partial charge on any atom is -0.378 e. The molecule has 2 aromatic rings. The molecule has 1 aliphatic rings. The van der Waals surface area contributed by atoms with Crippen LogP contribution in [0.5, 0.6) is 0 Å². The first-order chi connectivity index (χ1) is 11.8. The zero-order valence-electron chi connectivity index (χ0n) is 13.9. The smallest absolute Gasteiger partial charge is 0.222 e. The van der Waals surface area contributed by atoms with Gasteiger partial charge in [0.15, 0.2) is 0 Å². The van der Waals surface area contributed by atoms with Crippen LogP contribution in [0, 0.1) is 0 Å². The minimum atomic E-state index is -0.112. The number of H-pyrrole nitrogens is 1. The molecule has 24 heavy (non-hydrogen) atoms. The number of aromatic nitrogens is 2. The molecule has 1 aromatic carbocycles. The second-order valence-corrected chi connectivity index (χ2v) is 6.01. The van der Waals surface area contributed by atoms with Crippen LogP contribution in [-0.4, -0.2) is 41.7 Å². The molecule has 3 N–H and O–H groups in total. The number of imidazole rings is 1. The van der Waals surface area contributed by atoms with Gasteiger partial charge in [0.25, 0.3) is 0 Å². The SMILES string of the molecule is CCC(NC(=O)CC1COCCN1)c1ncc(-c2ccccc2)[nH]1. The molecular formula is C18H24N4O2. The number of morpholine rings is 1. The molecule has 0 spiro atoms. The van der Waals surface area contributed by atoms with E-state index in [2.05, 4.69) is 20.6 Å². The Balaban J connectivity index is 1.61. The Labute approximate surface area is 142 Å². The van der Waals surface area contributed by atoms with Crippen LogP contribution in [0.3, 0.4) is 0 Å². The highest BCUT2D eigenvalue weighted by atomic mass is 16.5. The molecule has 0 saturated carbocycles. The zero-order chi connectivity index (χ0) is 16.8. The lowest BCUT2D eigenvalue weighted by Gasteiger charge is -2.24. The highest BCUT2D eigenvalue weighted by molar-refractivity contribution is 5.77. The predicted molar refractivity (Wildman–Crippen MR) is 92.4 cm³/mol. The van der Waals surface area contributed by atoms with Crippen LogP contribution >= 0.6 is 0 Å². The van der Waals surface area contributed by atoms with Crippen molar-refractivity contribution in [2.24, 2.45) is 0 Å². The van der Waals surface area contributed by atoms with Crippen LogP contribution < -0.4 is 10.6 Å². The number of rotatable bonds is 6. The molecule has 1 aliphatic heterocycles. The third kappa shape index (κ3) is 4.21. The van der Waals surface area contributed by atoms with E-state index in [9.17, 15) is 4.79 Å². The van der Waals surface area contributed by atoms with Gasteiger partial charge < -0.3 is 20.4 Å². The average molecular weight is 328 g/mol. The molecule has 0 aliphatic carbocycles. The Morgan fingerprint density at radius 1 is 1.42 bits per heavy atom. The van der Waals surface area contributed by atoms with Crippen LogP contribution in [-0.2, 0) is 9.53 Å². The molecule has 1 aromatic heterocycles. The summed E-state index contributed by atoms with van der Waals surface area (Å²) < 4.78 is 5.39. The second kappa shape index (κ2) is 8.08. The van der Waals surface area contributed by atoms with Crippen molar-refractivity contribution in [1.29, 1.82) is 0 Å². The summed E-state index contributed by atoms with van der Waals surface area (Å²) in [5, 5.41) is 6.36. The Bertz CT molecular complexity index is 650. The highest BCUT2D eigenvalue weighted by Gasteiger charge is 2.20. The van der Waals surface area contributed by atoms with E-state index < -0.39 is 0 Å². The Hall–Kier alpha value is -2.18. The normalized spacial score (nSPS) is 19.0. The number of nitrogens with zero attached hydrogens (tertiary/aromatic N) is 1. The molecule has 2 atom stereocenters. The summed E-state index contributed by atoms with van der Waals surface area (Å²) in [4.78, 5) is 20.1. The van der Waals surface area contributed by atoms with Crippen molar-refractivity contribution >= 4 is 5.91 Å². The highest BCUT2D eigenvalue weighted by Crippen LogP contribution is 2.20. The summed E-state index contributed by atoms with van der Waals surface area (Å²) in [6.45, 7) is 4.14. The largest absolute Gasteiger partial charge is 0.378 e. The van der Waals surface area contributed by atoms with E-state index in [0.717, 1.165) is 30.0 Å². The Morgan fingerprint density at radius 2 is 2.25 bits per heavy atom. The van der Waals surface area contributed by atoms with Crippen molar-refractivity contribution in [2.75, 3.05) is 19.8 Å². The fourth-order valence-corrected chi connectivity index (χ4v) is 2.87. The molecular weight excluding hydrogens is 304 g/mol. The topological polar surface area (TPSA) is 79.0 Å². The van der Waals surface area contributed by atoms with Crippen LogP contribution in [0.2, 0.25) is 0 Å². The number of nitrogens with one attached hydrogen (secondary N) is 3. The maximum Gasteiger partial charge on any atom is 0.222 e. The van der Waals surface area contributed by atoms with Crippen molar-refractivity contribution in [2.45, 2.75) is 31.8 Å². The fourth-order valence-electron chi connectivity index (χ4n) is 2.87. The average Bonchev–Trinajstić information content (AvgIpc) is 3.11. The van der Waals surface area contributed by atoms with E-state index in [4.69, 9.17) is 4.74 Å². The molecule has 6 nitrogen and oxygen atoms in total. The lowest BCUT2D eigenvalue weighted by molar-refractivity contribution is -0.123. The zero-order valence-corrected chi connectivity index (χ0v) is 13.9. The quantitative estimate of drug-likeness (QED) is 0.758. The van der Waals surface area contributed by atoms with Crippen molar-refractivity contribution in [1.82, 2.24) is 20.6 Å². The molecule has 0 bridgehead atoms. The van der Waals surface area contributed by atoms with Gasteiger partial charge in [-0.15, -0.1) is 0 Å². The molecule has 2 heterocycles. The van der Waals surface area contributed by atoms with Crippen LogP contribution in [0.1, 0.15) is 31.6 Å². The van der Waals surface area contributed by atoms with E-state index in [1.165, 1.54) is 0 Å². The van der Waals surface area contributed by atoms with Crippen molar-refractivity contribution in [3.8, 4) is 11.3 Å². The summed E-state index contributed by atoms with van der Waals surface area (Å²) in [6, 6.07) is 10.0. The number of carbonyl (C=O) groups is 1. The summed E-state index contributed by atoms with van der Waals surface area (Å²) in [5.74, 6) is 0.806. The van der Waals surface area contributed by atoms with E-state index in [1.54, 1.807) is 0 Å². The molecule has 1 saturated heterocycles. The Morgan fingerprint density at radius 3 is 2.96 bits per heavy atom. The summed E-state index contributed by atoms with van der Waals surface area (Å²) in [7, 11) is 0. The van der Waals surface area contributed by atoms with Crippen molar-refractivity contribution in [3.05, 3.63) is 42.4 Å². The monoisotopic (exact) mass is 328 g/mol. The lowest BCUT2D eigenvalue weighted by atomic mass is 10.1. The van der Waals surface area contributed by atoms with Gasteiger partial charge >= 0.3 is 0 Å². The van der Waals surface area contributed by atoms with E-state index in [-0.39, 0.29) is 18.0 Å². The molecule has 3 rings (SSSR count). The predicted octanol–water partition coefficient (Wildman–Crippen LogP) is 2.02. The number of carbonyl (C=O) groups excluding carboxylic acids is 1. The van der Waals surface area contributed by atoms with Gasteiger partial charge in [0.1, 0.15) is 5.82 Å². The van der Waals surface area contributed by atoms with Crippen LogP contribution in [0.25, 0.3) is 11.3 Å². The van der Waals surface area contributed by atoms with Crippen LogP contribution in [0.4, 0.5) is 0 Å². The molecule has 0 radical (unpaired) electrons. The van der Waals surface area contributed by atoms with Gasteiger partial charge in [-0.2, -0.15) is 0 Å². The van der Waals surface area contributed by atoms with Crippen molar-refractivity contribution in [3.63, 3.8) is 0 Å². The summed E-state index contributed by atoms with van der Waals surface area (Å²) in [5.41, 5.74) is 2.04. The van der Waals surface area contributed by atoms with Crippen molar-refractivity contribution < 1.29 is 9.53 Å². The van der Waals surface area contributed by atoms with Crippen LogP contribution in [0.15, 0.2) is 36.5 Å². The second-order valence-electron chi connectivity index (χ2n) is 6.01. The van der Waals surface area contributed by atoms with E-state index in [0.29, 0.717) is 19.6 Å². The first kappa shape index (κ1) is 16.7. The standard InChI is InChI=1S/C18H24N4O2/c1-2-15(21-17(23)10-14-12-24-9-8-19-14)18-20-11-16(22-18)13-6-4-3-5-7-13/h3-7,11,14-15,19H,2,8-10,12H2,1H3,(H,20,22)(H,21,23). The third-order valence-electron chi connectivity index (χ3n) is 4.18. The number of hydrogen-bond donors (Lipinski definition) is 3. The third-order valence-corrected chi connectivity index (χ3v) is 4.18. The molecule has 2 unspecified atom stereocenters. The minimum absolute atomic E-state index is 0.0162. The van der Waals surface area contributed by atoms with Gasteiger partial charge in [-0.05, 0) is 12.0 Å². The number of aromatic amines is 1. The first-order valence-corrected chi connectivity index (χ1v) is 8.47. The van der Waals surface area contributed by atoms with E-state index >= 15 is 0 Å². The number of hydrogen-bond acceptors (Lipinski definition) is 4. The molecule has 6 heteroatoms. The van der Waals surface area contributed by atoms with Gasteiger partial charge in [0.2, 0.25) is 5.91 Å². The van der Waals surface area contributed by atoms with E-state index in [1.807, 2.05) is 43.5 Å². The first-order valence-electron chi connectivity index (χ1n) is 8.47. The summed E-state index contributed by atoms with van der Waals surface area (Å²) >= 11 is 0. The fraction of sp³-hybridized carbons (Fsp3) is 0.444. The molecule has 1 amide bonds. The maximum absolute atomic E-state index is 12.3. The number of benzene rings is 1. The van der Waals surface area contributed by atoms with Gasteiger partial charge in [0, 0.05) is 19.0 Å². The van der Waals surface area contributed by atoms with Gasteiger partial charge in [-0.1, -0.05) is 37.3 Å². The lowest BCUT2D eigenvalue weighted by Crippen LogP contribution is -2.44.